The zero-order valence-corrected chi connectivity index (χ0v) is 12.9. The van der Waals surface area contributed by atoms with Gasteiger partial charge in [0.1, 0.15) is 0 Å². The molecule has 2 N–H and O–H groups in total. The molecule has 0 aliphatic heterocycles. The second-order valence-electron chi connectivity index (χ2n) is 4.78. The Bertz CT molecular complexity index is 867. The summed E-state index contributed by atoms with van der Waals surface area (Å²) >= 11 is -0.293. The van der Waals surface area contributed by atoms with Gasteiger partial charge in [0.2, 0.25) is 0 Å². The Balaban J connectivity index is 2.22. The fourth-order valence-electron chi connectivity index (χ4n) is 2.54. The third-order valence-corrected chi connectivity index (χ3v) is 4.74. The summed E-state index contributed by atoms with van der Waals surface area (Å²) in [5, 5.41) is 29.1. The zero-order valence-electron chi connectivity index (χ0n) is 11.2. The predicted octanol–water partition coefficient (Wildman–Crippen LogP) is 1.56. The molecule has 0 saturated heterocycles. The van der Waals surface area contributed by atoms with Crippen LogP contribution in [0.1, 0.15) is 37.4 Å². The number of carbonyl (C=O) groups is 2. The van der Waals surface area contributed by atoms with Crippen molar-refractivity contribution < 1.29 is 19.8 Å². The van der Waals surface area contributed by atoms with E-state index in [-0.39, 0.29) is 48.7 Å². The van der Waals surface area contributed by atoms with E-state index in [0.717, 1.165) is 0 Å². The summed E-state index contributed by atoms with van der Waals surface area (Å²) in [6.07, 6.45) is 0. The van der Waals surface area contributed by atoms with E-state index in [9.17, 15) is 19.8 Å². The number of hydrogen-bond acceptors (Lipinski definition) is 5. The first kappa shape index (κ1) is 14.3. The van der Waals surface area contributed by atoms with Crippen LogP contribution >= 0.6 is 0 Å². The van der Waals surface area contributed by atoms with Gasteiger partial charge in [0.15, 0.2) is 0 Å². The third kappa shape index (κ3) is 2.08. The molecule has 6 heteroatoms. The maximum atomic E-state index is 12.5. The van der Waals surface area contributed by atoms with Crippen molar-refractivity contribution in [3.8, 4) is 16.5 Å². The standard InChI is InChI=1S/C16H9NO4Se/c17-7-22-6-8-4-10-14(12(19)5-8)16(21)13-9(15(10)20)2-1-3-11(13)18/h1-5,18-19H,6H2. The van der Waals surface area contributed by atoms with E-state index in [2.05, 4.69) is 4.97 Å². The van der Waals surface area contributed by atoms with E-state index in [1.165, 1.54) is 24.3 Å². The van der Waals surface area contributed by atoms with Gasteiger partial charge < -0.3 is 0 Å². The Hall–Kier alpha value is -2.61. The van der Waals surface area contributed by atoms with Crippen molar-refractivity contribution in [1.82, 2.24) is 0 Å². The number of ketones is 2. The van der Waals surface area contributed by atoms with E-state index >= 15 is 0 Å². The second kappa shape index (κ2) is 5.30. The van der Waals surface area contributed by atoms with Crippen LogP contribution in [0, 0.1) is 10.2 Å². The average molecular weight is 358 g/mol. The summed E-state index contributed by atoms with van der Waals surface area (Å²) in [6.45, 7) is 0. The number of phenolic OH excluding ortho intramolecular Hbond substituents is 2. The van der Waals surface area contributed by atoms with Crippen molar-refractivity contribution >= 4 is 26.5 Å². The number of benzene rings is 2. The van der Waals surface area contributed by atoms with Crippen LogP contribution in [0.4, 0.5) is 0 Å². The minimum absolute atomic E-state index is 0.0794. The summed E-state index contributed by atoms with van der Waals surface area (Å²) < 4.78 is 0. The molecule has 2 aromatic rings. The molecule has 0 saturated carbocycles. The molecule has 0 aromatic heterocycles. The van der Waals surface area contributed by atoms with Crippen molar-refractivity contribution in [3.05, 3.63) is 58.1 Å². The molecule has 0 amide bonds. The number of phenols is 2. The van der Waals surface area contributed by atoms with E-state index < -0.39 is 11.6 Å². The molecule has 0 unspecified atom stereocenters. The molecule has 1 aliphatic rings. The molecule has 5 nitrogen and oxygen atoms in total. The molecule has 0 heterocycles. The summed E-state index contributed by atoms with van der Waals surface area (Å²) in [5.74, 6) is -1.56. The molecule has 0 radical (unpaired) electrons. The maximum absolute atomic E-state index is 12.5. The van der Waals surface area contributed by atoms with Crippen LogP contribution in [0.15, 0.2) is 30.3 Å². The summed E-state index contributed by atoms with van der Waals surface area (Å²) in [7, 11) is 0. The van der Waals surface area contributed by atoms with Crippen molar-refractivity contribution in [2.75, 3.05) is 0 Å². The molecule has 3 rings (SSSR count). The fourth-order valence-corrected chi connectivity index (χ4v) is 3.37. The molecule has 1 aliphatic carbocycles. The van der Waals surface area contributed by atoms with Crippen molar-refractivity contribution in [2.24, 2.45) is 0 Å². The number of aromatic hydroxyl groups is 2. The molecule has 108 valence electrons. The molecular weight excluding hydrogens is 349 g/mol. The first-order valence-corrected chi connectivity index (χ1v) is 8.39. The van der Waals surface area contributed by atoms with Gasteiger partial charge in [0, 0.05) is 0 Å². The summed E-state index contributed by atoms with van der Waals surface area (Å²) in [4.78, 5) is 27.1. The first-order valence-electron chi connectivity index (χ1n) is 6.32. The minimum atomic E-state index is -0.572. The number of hydrogen-bond donors (Lipinski definition) is 2. The van der Waals surface area contributed by atoms with Gasteiger partial charge in [0.25, 0.3) is 0 Å². The van der Waals surface area contributed by atoms with Crippen LogP contribution in [0.25, 0.3) is 0 Å². The van der Waals surface area contributed by atoms with Crippen LogP contribution in [-0.2, 0) is 5.32 Å². The molecule has 22 heavy (non-hydrogen) atoms. The van der Waals surface area contributed by atoms with Crippen molar-refractivity contribution in [1.29, 1.82) is 5.26 Å². The van der Waals surface area contributed by atoms with Crippen LogP contribution < -0.4 is 0 Å². The molecular formula is C16H9NO4Se. The molecule has 0 bridgehead atoms. The first-order chi connectivity index (χ1) is 10.5. The van der Waals surface area contributed by atoms with Gasteiger partial charge in [-0.1, -0.05) is 0 Å². The van der Waals surface area contributed by atoms with Gasteiger partial charge in [0.05, 0.1) is 0 Å². The SMILES string of the molecule is N#C[Se]Cc1cc(O)c2c(c1)C(=O)c1cccc(O)c1C2=O. The Kier molecular flexibility index (Phi) is 3.45. The fraction of sp³-hybridized carbons (Fsp3) is 0.0625. The molecule has 0 atom stereocenters. The number of nitrogens with zero attached hydrogens (tertiary/aromatic N) is 1. The Morgan fingerprint density at radius 2 is 1.73 bits per heavy atom. The van der Waals surface area contributed by atoms with Gasteiger partial charge >= 0.3 is 132 Å². The third-order valence-electron chi connectivity index (χ3n) is 3.47. The average Bonchev–Trinajstić information content (AvgIpc) is 2.49. The monoisotopic (exact) mass is 359 g/mol. The normalized spacial score (nSPS) is 12.5. The quantitative estimate of drug-likeness (QED) is 0.678. The number of carbonyl (C=O) groups excluding carboxylic acids is 2. The topological polar surface area (TPSA) is 98.4 Å². The predicted molar refractivity (Wildman–Crippen MR) is 78.1 cm³/mol. The molecule has 0 spiro atoms. The number of nitriles is 1. The van der Waals surface area contributed by atoms with E-state index in [1.54, 1.807) is 6.07 Å². The van der Waals surface area contributed by atoms with Gasteiger partial charge in [-0.2, -0.15) is 0 Å². The zero-order chi connectivity index (χ0) is 15.9. The van der Waals surface area contributed by atoms with Crippen molar-refractivity contribution in [2.45, 2.75) is 5.32 Å². The van der Waals surface area contributed by atoms with E-state index in [1.807, 2.05) is 0 Å². The van der Waals surface area contributed by atoms with E-state index in [4.69, 9.17) is 5.26 Å². The molecule has 2 aromatic carbocycles. The summed E-state index contributed by atoms with van der Waals surface area (Å²) in [6, 6.07) is 7.24. The second-order valence-corrected chi connectivity index (χ2v) is 6.37. The number of fused-ring (bicyclic) bond motifs is 2. The van der Waals surface area contributed by atoms with Gasteiger partial charge in [-0.25, -0.2) is 0 Å². The Morgan fingerprint density at radius 3 is 2.45 bits per heavy atom. The van der Waals surface area contributed by atoms with Gasteiger partial charge in [-0.05, 0) is 0 Å². The van der Waals surface area contributed by atoms with Gasteiger partial charge in [-0.3, -0.25) is 0 Å². The van der Waals surface area contributed by atoms with E-state index in [0.29, 0.717) is 10.9 Å². The number of rotatable bonds is 2. The van der Waals surface area contributed by atoms with Crippen LogP contribution in [0.5, 0.6) is 11.5 Å². The van der Waals surface area contributed by atoms with Gasteiger partial charge in [-0.15, -0.1) is 0 Å². The van der Waals surface area contributed by atoms with Crippen molar-refractivity contribution in [3.63, 3.8) is 0 Å². The van der Waals surface area contributed by atoms with Crippen LogP contribution in [-0.4, -0.2) is 36.7 Å². The Morgan fingerprint density at radius 1 is 1.00 bits per heavy atom. The molecule has 0 fully saturated rings. The Labute approximate surface area is 132 Å². The van der Waals surface area contributed by atoms with Crippen LogP contribution in [0.2, 0.25) is 0 Å². The van der Waals surface area contributed by atoms with Crippen LogP contribution in [0.3, 0.4) is 0 Å². The summed E-state index contributed by atoms with van der Waals surface area (Å²) in [5.41, 5.74) is 0.714.